The van der Waals surface area contributed by atoms with Gasteiger partial charge in [0.1, 0.15) is 17.5 Å². The Labute approximate surface area is 114 Å². The Morgan fingerprint density at radius 2 is 1.84 bits per heavy atom. The van der Waals surface area contributed by atoms with Crippen LogP contribution in [0.25, 0.3) is 0 Å². The summed E-state index contributed by atoms with van der Waals surface area (Å²) in [6, 6.07) is 0. The van der Waals surface area contributed by atoms with Crippen molar-refractivity contribution in [2.75, 3.05) is 30.8 Å². The molecule has 0 aliphatic heterocycles. The standard InChI is InChI=1S/C13H22N4O2/c1-5-10-16-12(14-6-2)9(3)13(17-10)15-8-7-11(18)19-4/h5-8H2,1-4H3,(H2,14,15,16,17). The lowest BCUT2D eigenvalue weighted by Gasteiger charge is -2.13. The third kappa shape index (κ3) is 4.39. The van der Waals surface area contributed by atoms with Crippen molar-refractivity contribution in [1.82, 2.24) is 9.97 Å². The molecule has 0 spiro atoms. The molecular formula is C13H22N4O2. The maximum absolute atomic E-state index is 11.1. The minimum absolute atomic E-state index is 0.234. The van der Waals surface area contributed by atoms with Gasteiger partial charge in [0.15, 0.2) is 0 Å². The fraction of sp³-hybridized carbons (Fsp3) is 0.615. The molecule has 0 amide bonds. The van der Waals surface area contributed by atoms with E-state index in [-0.39, 0.29) is 5.97 Å². The molecule has 1 rings (SSSR count). The lowest BCUT2D eigenvalue weighted by atomic mass is 10.2. The first-order valence-corrected chi connectivity index (χ1v) is 6.54. The Hall–Kier alpha value is -1.85. The average Bonchev–Trinajstić information content (AvgIpc) is 2.42. The van der Waals surface area contributed by atoms with E-state index in [1.165, 1.54) is 7.11 Å². The quantitative estimate of drug-likeness (QED) is 0.732. The van der Waals surface area contributed by atoms with Gasteiger partial charge in [0.05, 0.1) is 13.5 Å². The van der Waals surface area contributed by atoms with Crippen molar-refractivity contribution < 1.29 is 9.53 Å². The molecule has 0 bridgehead atoms. The first-order valence-electron chi connectivity index (χ1n) is 6.54. The summed E-state index contributed by atoms with van der Waals surface area (Å²) in [6.45, 7) is 7.30. The highest BCUT2D eigenvalue weighted by Gasteiger charge is 2.10. The lowest BCUT2D eigenvalue weighted by Crippen LogP contribution is -2.14. The fourth-order valence-corrected chi connectivity index (χ4v) is 1.62. The summed E-state index contributed by atoms with van der Waals surface area (Å²) in [5.74, 6) is 2.16. The van der Waals surface area contributed by atoms with Crippen LogP contribution in [0.2, 0.25) is 0 Å². The van der Waals surface area contributed by atoms with E-state index in [9.17, 15) is 4.79 Å². The summed E-state index contributed by atoms with van der Waals surface area (Å²) in [5, 5.41) is 6.38. The zero-order chi connectivity index (χ0) is 14.3. The zero-order valence-corrected chi connectivity index (χ0v) is 12.0. The monoisotopic (exact) mass is 266 g/mol. The number of anilines is 2. The van der Waals surface area contributed by atoms with Crippen LogP contribution in [0.15, 0.2) is 0 Å². The molecule has 1 aromatic rings. The number of carbonyl (C=O) groups excluding carboxylic acids is 1. The number of esters is 1. The van der Waals surface area contributed by atoms with E-state index in [0.717, 1.165) is 36.0 Å². The summed E-state index contributed by atoms with van der Waals surface area (Å²) < 4.78 is 4.60. The first kappa shape index (κ1) is 15.2. The van der Waals surface area contributed by atoms with Gasteiger partial charge in [-0.3, -0.25) is 4.79 Å². The number of hydrogen-bond donors (Lipinski definition) is 2. The number of aryl methyl sites for hydroxylation is 1. The van der Waals surface area contributed by atoms with E-state index in [0.29, 0.717) is 13.0 Å². The van der Waals surface area contributed by atoms with E-state index >= 15 is 0 Å². The normalized spacial score (nSPS) is 10.1. The first-order chi connectivity index (χ1) is 9.12. The zero-order valence-electron chi connectivity index (χ0n) is 12.0. The van der Waals surface area contributed by atoms with Crippen LogP contribution in [0.4, 0.5) is 11.6 Å². The Kier molecular flexibility index (Phi) is 6.05. The van der Waals surface area contributed by atoms with Crippen LogP contribution in [0.3, 0.4) is 0 Å². The highest BCUT2D eigenvalue weighted by Crippen LogP contribution is 2.20. The molecule has 0 fully saturated rings. The van der Waals surface area contributed by atoms with Gasteiger partial charge >= 0.3 is 5.97 Å². The van der Waals surface area contributed by atoms with Crippen LogP contribution in [-0.4, -0.2) is 36.1 Å². The third-order valence-electron chi connectivity index (χ3n) is 2.70. The van der Waals surface area contributed by atoms with Gasteiger partial charge in [-0.25, -0.2) is 9.97 Å². The Bertz CT molecular complexity index is 435. The molecule has 0 atom stereocenters. The molecule has 0 unspecified atom stereocenters. The Balaban J connectivity index is 2.80. The van der Waals surface area contributed by atoms with Crippen LogP contribution in [0.1, 0.15) is 31.7 Å². The number of aromatic nitrogens is 2. The van der Waals surface area contributed by atoms with Crippen LogP contribution in [-0.2, 0) is 16.0 Å². The van der Waals surface area contributed by atoms with E-state index in [2.05, 4.69) is 25.3 Å². The maximum atomic E-state index is 11.1. The van der Waals surface area contributed by atoms with Crippen LogP contribution < -0.4 is 10.6 Å². The highest BCUT2D eigenvalue weighted by atomic mass is 16.5. The largest absolute Gasteiger partial charge is 0.469 e. The Morgan fingerprint density at radius 1 is 1.21 bits per heavy atom. The van der Waals surface area contributed by atoms with Gasteiger partial charge in [-0.05, 0) is 13.8 Å². The molecule has 0 saturated heterocycles. The van der Waals surface area contributed by atoms with Crippen LogP contribution >= 0.6 is 0 Å². The van der Waals surface area contributed by atoms with Gasteiger partial charge in [0.25, 0.3) is 0 Å². The number of rotatable bonds is 7. The second-order valence-corrected chi connectivity index (χ2v) is 4.10. The molecule has 0 aliphatic rings. The molecular weight excluding hydrogens is 244 g/mol. The van der Waals surface area contributed by atoms with E-state index in [1.54, 1.807) is 0 Å². The lowest BCUT2D eigenvalue weighted by molar-refractivity contribution is -0.140. The number of carbonyl (C=O) groups is 1. The Morgan fingerprint density at radius 3 is 2.37 bits per heavy atom. The molecule has 0 saturated carbocycles. The van der Waals surface area contributed by atoms with Crippen LogP contribution in [0, 0.1) is 6.92 Å². The summed E-state index contributed by atoms with van der Waals surface area (Å²) in [7, 11) is 1.39. The SMILES string of the molecule is CCNc1nc(CC)nc(NCCC(=O)OC)c1C. The summed E-state index contributed by atoms with van der Waals surface area (Å²) >= 11 is 0. The van der Waals surface area contributed by atoms with E-state index in [1.807, 2.05) is 20.8 Å². The second kappa shape index (κ2) is 7.56. The predicted molar refractivity (Wildman–Crippen MR) is 75.4 cm³/mol. The fourth-order valence-electron chi connectivity index (χ4n) is 1.62. The van der Waals surface area contributed by atoms with Crippen molar-refractivity contribution in [2.24, 2.45) is 0 Å². The maximum Gasteiger partial charge on any atom is 0.307 e. The summed E-state index contributed by atoms with van der Waals surface area (Å²) in [5.41, 5.74) is 0.962. The van der Waals surface area contributed by atoms with Gasteiger partial charge in [0.2, 0.25) is 0 Å². The minimum atomic E-state index is -0.234. The number of ether oxygens (including phenoxy) is 1. The summed E-state index contributed by atoms with van der Waals surface area (Å²) in [6.07, 6.45) is 1.09. The number of hydrogen-bond acceptors (Lipinski definition) is 6. The van der Waals surface area contributed by atoms with Gasteiger partial charge in [-0.2, -0.15) is 0 Å². The van der Waals surface area contributed by atoms with E-state index in [4.69, 9.17) is 0 Å². The third-order valence-corrected chi connectivity index (χ3v) is 2.70. The summed E-state index contributed by atoms with van der Waals surface area (Å²) in [4.78, 5) is 20.0. The molecule has 19 heavy (non-hydrogen) atoms. The molecule has 106 valence electrons. The van der Waals surface area contributed by atoms with Crippen LogP contribution in [0.5, 0.6) is 0 Å². The minimum Gasteiger partial charge on any atom is -0.469 e. The van der Waals surface area contributed by atoms with Gasteiger partial charge in [0, 0.05) is 25.1 Å². The molecule has 0 radical (unpaired) electrons. The van der Waals surface area contributed by atoms with Crippen molar-refractivity contribution >= 4 is 17.6 Å². The number of nitrogens with one attached hydrogen (secondary N) is 2. The molecule has 6 nitrogen and oxygen atoms in total. The smallest absolute Gasteiger partial charge is 0.307 e. The van der Waals surface area contributed by atoms with Gasteiger partial charge < -0.3 is 15.4 Å². The molecule has 1 aromatic heterocycles. The van der Waals surface area contributed by atoms with Crippen molar-refractivity contribution in [3.63, 3.8) is 0 Å². The van der Waals surface area contributed by atoms with Gasteiger partial charge in [-0.1, -0.05) is 6.92 Å². The van der Waals surface area contributed by atoms with Crippen molar-refractivity contribution in [3.8, 4) is 0 Å². The number of nitrogens with zero attached hydrogens (tertiary/aromatic N) is 2. The molecule has 6 heteroatoms. The molecule has 0 aliphatic carbocycles. The van der Waals surface area contributed by atoms with Crippen molar-refractivity contribution in [2.45, 2.75) is 33.6 Å². The van der Waals surface area contributed by atoms with Crippen molar-refractivity contribution in [3.05, 3.63) is 11.4 Å². The average molecular weight is 266 g/mol. The second-order valence-electron chi connectivity index (χ2n) is 4.10. The predicted octanol–water partition coefficient (Wildman–Crippen LogP) is 1.75. The highest BCUT2D eigenvalue weighted by molar-refractivity contribution is 5.70. The van der Waals surface area contributed by atoms with Crippen molar-refractivity contribution in [1.29, 1.82) is 0 Å². The van der Waals surface area contributed by atoms with Gasteiger partial charge in [-0.15, -0.1) is 0 Å². The molecule has 0 aromatic carbocycles. The topological polar surface area (TPSA) is 76.1 Å². The molecule has 1 heterocycles. The van der Waals surface area contributed by atoms with E-state index < -0.39 is 0 Å². The molecule has 2 N–H and O–H groups in total. The number of methoxy groups -OCH3 is 1.